The average molecular weight is 433 g/mol. The van der Waals surface area contributed by atoms with Gasteiger partial charge in [0, 0.05) is 11.6 Å². The van der Waals surface area contributed by atoms with Gasteiger partial charge < -0.3 is 0 Å². The summed E-state index contributed by atoms with van der Waals surface area (Å²) in [6.45, 7) is 2.63. The first kappa shape index (κ1) is 20.5. The second kappa shape index (κ2) is 9.33. The number of halogens is 1. The molecule has 4 rings (SSSR count). The Morgan fingerprint density at radius 2 is 1.67 bits per heavy atom. The molecule has 0 aromatic heterocycles. The lowest BCUT2D eigenvalue weighted by Crippen LogP contribution is -2.31. The van der Waals surface area contributed by atoms with Gasteiger partial charge in [0.2, 0.25) is 0 Å². The van der Waals surface area contributed by atoms with E-state index in [2.05, 4.69) is 12.1 Å². The minimum atomic E-state index is -0.0169. The lowest BCUT2D eigenvalue weighted by atomic mass is 10.1. The van der Waals surface area contributed by atoms with Crippen LogP contribution in [0.25, 0.3) is 6.08 Å². The van der Waals surface area contributed by atoms with Crippen molar-refractivity contribution in [2.24, 2.45) is 4.99 Å². The van der Waals surface area contributed by atoms with E-state index in [9.17, 15) is 4.79 Å². The van der Waals surface area contributed by atoms with E-state index in [1.54, 1.807) is 4.90 Å². The summed E-state index contributed by atoms with van der Waals surface area (Å²) >= 11 is 7.40. The Kier molecular flexibility index (Phi) is 6.36. The highest BCUT2D eigenvalue weighted by molar-refractivity contribution is 8.18. The minimum absolute atomic E-state index is 0.0169. The normalized spacial score (nSPS) is 16.6. The third-order valence-corrected chi connectivity index (χ3v) is 6.04. The zero-order chi connectivity index (χ0) is 20.9. The molecule has 0 saturated carbocycles. The summed E-state index contributed by atoms with van der Waals surface area (Å²) in [5, 5.41) is 1.38. The van der Waals surface area contributed by atoms with E-state index in [4.69, 9.17) is 16.6 Å². The molecule has 30 heavy (non-hydrogen) atoms. The molecule has 1 aliphatic rings. The fourth-order valence-electron chi connectivity index (χ4n) is 3.11. The number of benzene rings is 3. The molecule has 1 amide bonds. The van der Waals surface area contributed by atoms with Crippen molar-refractivity contribution < 1.29 is 4.79 Å². The monoisotopic (exact) mass is 432 g/mol. The van der Waals surface area contributed by atoms with Crippen molar-refractivity contribution in [2.75, 3.05) is 6.54 Å². The van der Waals surface area contributed by atoms with E-state index in [1.807, 2.05) is 79.7 Å². The maximum absolute atomic E-state index is 13.2. The summed E-state index contributed by atoms with van der Waals surface area (Å²) in [4.78, 5) is 20.4. The van der Waals surface area contributed by atoms with Crippen LogP contribution in [0, 0.1) is 6.92 Å². The van der Waals surface area contributed by atoms with E-state index in [-0.39, 0.29) is 5.91 Å². The molecule has 0 atom stereocenters. The summed E-state index contributed by atoms with van der Waals surface area (Å²) in [6, 6.07) is 25.7. The molecule has 0 unspecified atom stereocenters. The van der Waals surface area contributed by atoms with E-state index in [0.29, 0.717) is 21.6 Å². The summed E-state index contributed by atoms with van der Waals surface area (Å²) < 4.78 is 0. The van der Waals surface area contributed by atoms with E-state index < -0.39 is 0 Å². The third kappa shape index (κ3) is 5.02. The molecule has 0 N–H and O–H groups in total. The highest BCUT2D eigenvalue weighted by atomic mass is 35.5. The predicted molar refractivity (Wildman–Crippen MR) is 127 cm³/mol. The van der Waals surface area contributed by atoms with Crippen molar-refractivity contribution in [2.45, 2.75) is 13.3 Å². The van der Waals surface area contributed by atoms with Gasteiger partial charge >= 0.3 is 0 Å². The highest BCUT2D eigenvalue weighted by Gasteiger charge is 2.33. The van der Waals surface area contributed by atoms with Crippen molar-refractivity contribution in [3.05, 3.63) is 105 Å². The number of amides is 1. The standard InChI is InChI=1S/C25H21ClN2OS/c1-18-7-13-22(14-8-18)27-25-28(16-15-19-5-3-2-4-6-19)24(29)23(30-25)17-20-9-11-21(26)12-10-20/h2-14,17H,15-16H2,1H3/b23-17+,27-25?. The zero-order valence-corrected chi connectivity index (χ0v) is 18.2. The van der Waals surface area contributed by atoms with Gasteiger partial charge in [-0.1, -0.05) is 71.8 Å². The summed E-state index contributed by atoms with van der Waals surface area (Å²) in [5.41, 5.74) is 4.15. The Morgan fingerprint density at radius 3 is 2.37 bits per heavy atom. The summed E-state index contributed by atoms with van der Waals surface area (Å²) in [7, 11) is 0. The van der Waals surface area contributed by atoms with Crippen molar-refractivity contribution in [1.82, 2.24) is 4.90 Å². The second-order valence-corrected chi connectivity index (χ2v) is 8.53. The number of carbonyl (C=O) groups excluding carboxylic acids is 1. The van der Waals surface area contributed by atoms with E-state index >= 15 is 0 Å². The van der Waals surface area contributed by atoms with Crippen LogP contribution >= 0.6 is 23.4 Å². The van der Waals surface area contributed by atoms with E-state index in [1.165, 1.54) is 22.9 Å². The van der Waals surface area contributed by atoms with Gasteiger partial charge in [0.05, 0.1) is 10.6 Å². The van der Waals surface area contributed by atoms with Gasteiger partial charge in [-0.15, -0.1) is 0 Å². The van der Waals surface area contributed by atoms with E-state index in [0.717, 1.165) is 17.7 Å². The van der Waals surface area contributed by atoms with Crippen molar-refractivity contribution >= 4 is 46.2 Å². The predicted octanol–water partition coefficient (Wildman–Crippen LogP) is 6.50. The SMILES string of the molecule is Cc1ccc(N=C2S/C(=C/c3ccc(Cl)cc3)C(=O)N2CCc2ccccc2)cc1. The Hall–Kier alpha value is -2.82. The smallest absolute Gasteiger partial charge is 0.266 e. The van der Waals surface area contributed by atoms with Crippen molar-refractivity contribution in [3.63, 3.8) is 0 Å². The van der Waals surface area contributed by atoms with Crippen LogP contribution in [0.4, 0.5) is 5.69 Å². The number of hydrogen-bond donors (Lipinski definition) is 0. The van der Waals surface area contributed by atoms with Gasteiger partial charge in [-0.2, -0.15) is 0 Å². The number of aryl methyl sites for hydroxylation is 1. The second-order valence-electron chi connectivity index (χ2n) is 7.08. The first-order valence-electron chi connectivity index (χ1n) is 9.75. The molecule has 0 aliphatic carbocycles. The van der Waals surface area contributed by atoms with Crippen molar-refractivity contribution in [3.8, 4) is 0 Å². The number of carbonyl (C=O) groups is 1. The average Bonchev–Trinajstić information content (AvgIpc) is 3.04. The highest BCUT2D eigenvalue weighted by Crippen LogP contribution is 2.34. The summed E-state index contributed by atoms with van der Waals surface area (Å²) in [6.07, 6.45) is 2.67. The molecule has 5 heteroatoms. The largest absolute Gasteiger partial charge is 0.286 e. The molecule has 3 aromatic rings. The first-order chi connectivity index (χ1) is 14.6. The van der Waals surface area contributed by atoms with Gasteiger partial charge in [0.25, 0.3) is 5.91 Å². The third-order valence-electron chi connectivity index (χ3n) is 4.78. The van der Waals surface area contributed by atoms with Gasteiger partial charge in [0.15, 0.2) is 5.17 Å². The first-order valence-corrected chi connectivity index (χ1v) is 10.9. The lowest BCUT2D eigenvalue weighted by Gasteiger charge is -2.15. The molecular weight excluding hydrogens is 412 g/mol. The number of thioether (sulfide) groups is 1. The Bertz CT molecular complexity index is 1090. The molecule has 1 heterocycles. The van der Waals surface area contributed by atoms with Gasteiger partial charge in [-0.05, 0) is 66.6 Å². The van der Waals surface area contributed by atoms with Crippen LogP contribution in [0.2, 0.25) is 5.02 Å². The number of nitrogens with zero attached hydrogens (tertiary/aromatic N) is 2. The molecule has 1 fully saturated rings. The Labute approximate surface area is 186 Å². The molecule has 150 valence electrons. The van der Waals surface area contributed by atoms with Crippen LogP contribution in [-0.2, 0) is 11.2 Å². The summed E-state index contributed by atoms with van der Waals surface area (Å²) in [5.74, 6) is -0.0169. The minimum Gasteiger partial charge on any atom is -0.286 e. The molecule has 1 saturated heterocycles. The van der Waals surface area contributed by atoms with Crippen LogP contribution in [0.3, 0.4) is 0 Å². The van der Waals surface area contributed by atoms with Gasteiger partial charge in [-0.3, -0.25) is 9.69 Å². The Morgan fingerprint density at radius 1 is 0.967 bits per heavy atom. The molecule has 0 bridgehead atoms. The van der Waals surface area contributed by atoms with Crippen molar-refractivity contribution in [1.29, 1.82) is 0 Å². The van der Waals surface area contributed by atoms with Crippen LogP contribution < -0.4 is 0 Å². The fraction of sp³-hybridized carbons (Fsp3) is 0.120. The molecule has 1 aliphatic heterocycles. The van der Waals surface area contributed by atoms with Crippen LogP contribution in [0.1, 0.15) is 16.7 Å². The van der Waals surface area contributed by atoms with Crippen LogP contribution in [0.15, 0.2) is 88.8 Å². The topological polar surface area (TPSA) is 32.7 Å². The lowest BCUT2D eigenvalue weighted by molar-refractivity contribution is -0.122. The van der Waals surface area contributed by atoms with Gasteiger partial charge in [0.1, 0.15) is 0 Å². The number of hydrogen-bond acceptors (Lipinski definition) is 3. The fourth-order valence-corrected chi connectivity index (χ4v) is 4.26. The maximum atomic E-state index is 13.2. The number of aliphatic imine (C=N–C) groups is 1. The molecule has 0 radical (unpaired) electrons. The zero-order valence-electron chi connectivity index (χ0n) is 16.6. The molecule has 3 nitrogen and oxygen atoms in total. The number of amidine groups is 1. The van der Waals surface area contributed by atoms with Gasteiger partial charge in [-0.25, -0.2) is 4.99 Å². The van der Waals surface area contributed by atoms with Crippen LogP contribution in [0.5, 0.6) is 0 Å². The van der Waals surface area contributed by atoms with Crippen LogP contribution in [-0.4, -0.2) is 22.5 Å². The number of rotatable bonds is 5. The quantitative estimate of drug-likeness (QED) is 0.431. The maximum Gasteiger partial charge on any atom is 0.266 e. The molecule has 3 aromatic carbocycles. The molecular formula is C25H21ClN2OS. The molecule has 0 spiro atoms. The Balaban J connectivity index is 1.63.